The number of hydrogen-bond acceptors (Lipinski definition) is 5. The van der Waals surface area contributed by atoms with Crippen molar-refractivity contribution in [2.45, 2.75) is 25.4 Å². The average molecular weight is 375 g/mol. The minimum atomic E-state index is -0.461. The molecule has 2 aliphatic rings. The van der Waals surface area contributed by atoms with Crippen molar-refractivity contribution in [3.63, 3.8) is 0 Å². The van der Waals surface area contributed by atoms with Crippen LogP contribution in [-0.4, -0.2) is 85.2 Å². The molecule has 2 heterocycles. The maximum Gasteiger partial charge on any atom is 0.410 e. The van der Waals surface area contributed by atoms with Gasteiger partial charge >= 0.3 is 6.09 Å². The molecule has 7 nitrogen and oxygen atoms in total. The van der Waals surface area contributed by atoms with Gasteiger partial charge in [-0.3, -0.25) is 9.69 Å². The lowest BCUT2D eigenvalue weighted by atomic mass is 9.91. The SMILES string of the molecule is CCN(C)CC(=O)N1CCC2(CC1)CN(CCOc1ccccc1)C(=O)O2. The molecule has 7 heteroatoms. The standard InChI is InChI=1S/C20H29N3O4/c1-3-21(2)15-18(24)22-11-9-20(10-12-22)16-23(19(25)27-20)13-14-26-17-7-5-4-6-8-17/h4-8H,3,9-16H2,1-2H3. The van der Waals surface area contributed by atoms with Crippen LogP contribution >= 0.6 is 0 Å². The summed E-state index contributed by atoms with van der Waals surface area (Å²) >= 11 is 0. The third kappa shape index (κ3) is 4.91. The van der Waals surface area contributed by atoms with Gasteiger partial charge in [-0.1, -0.05) is 25.1 Å². The van der Waals surface area contributed by atoms with Gasteiger partial charge in [-0.15, -0.1) is 0 Å². The average Bonchev–Trinajstić information content (AvgIpc) is 2.98. The molecule has 2 fully saturated rings. The van der Waals surface area contributed by atoms with Crippen molar-refractivity contribution in [1.82, 2.24) is 14.7 Å². The van der Waals surface area contributed by atoms with Gasteiger partial charge in [0.1, 0.15) is 18.0 Å². The number of hydrogen-bond donors (Lipinski definition) is 0. The van der Waals surface area contributed by atoms with Gasteiger partial charge in [0.15, 0.2) is 0 Å². The maximum absolute atomic E-state index is 12.3. The second-order valence-electron chi connectivity index (χ2n) is 7.35. The van der Waals surface area contributed by atoms with E-state index in [1.807, 2.05) is 54.1 Å². The molecule has 0 saturated carbocycles. The summed E-state index contributed by atoms with van der Waals surface area (Å²) in [5, 5.41) is 0. The fourth-order valence-corrected chi connectivity index (χ4v) is 3.52. The first kappa shape index (κ1) is 19.5. The largest absolute Gasteiger partial charge is 0.492 e. The first-order valence-electron chi connectivity index (χ1n) is 9.63. The highest BCUT2D eigenvalue weighted by molar-refractivity contribution is 5.78. The number of rotatable bonds is 7. The molecule has 2 amide bonds. The Kier molecular flexibility index (Phi) is 6.21. The van der Waals surface area contributed by atoms with Crippen molar-refractivity contribution in [2.75, 3.05) is 52.9 Å². The summed E-state index contributed by atoms with van der Waals surface area (Å²) in [4.78, 5) is 30.2. The predicted molar refractivity (Wildman–Crippen MR) is 102 cm³/mol. The van der Waals surface area contributed by atoms with E-state index in [1.165, 1.54) is 0 Å². The molecule has 2 saturated heterocycles. The quantitative estimate of drug-likeness (QED) is 0.728. The molecule has 3 rings (SSSR count). The van der Waals surface area contributed by atoms with Crippen LogP contribution in [-0.2, 0) is 9.53 Å². The minimum absolute atomic E-state index is 0.145. The molecule has 0 N–H and O–H groups in total. The molecule has 0 unspecified atom stereocenters. The highest BCUT2D eigenvalue weighted by Gasteiger charge is 2.47. The van der Waals surface area contributed by atoms with Crippen LogP contribution in [0.5, 0.6) is 5.75 Å². The number of ether oxygens (including phenoxy) is 2. The van der Waals surface area contributed by atoms with Crippen molar-refractivity contribution < 1.29 is 19.1 Å². The van der Waals surface area contributed by atoms with Crippen LogP contribution in [0.1, 0.15) is 19.8 Å². The summed E-state index contributed by atoms with van der Waals surface area (Å²) in [6, 6.07) is 9.56. The van der Waals surface area contributed by atoms with E-state index in [2.05, 4.69) is 0 Å². The Labute approximate surface area is 160 Å². The van der Waals surface area contributed by atoms with Crippen molar-refractivity contribution in [2.24, 2.45) is 0 Å². The van der Waals surface area contributed by atoms with Crippen molar-refractivity contribution in [3.05, 3.63) is 30.3 Å². The number of nitrogens with zero attached hydrogens (tertiary/aromatic N) is 3. The van der Waals surface area contributed by atoms with Crippen LogP contribution in [0.15, 0.2) is 30.3 Å². The molecular formula is C20H29N3O4. The van der Waals surface area contributed by atoms with Gasteiger partial charge in [-0.2, -0.15) is 0 Å². The molecule has 148 valence electrons. The second-order valence-corrected chi connectivity index (χ2v) is 7.35. The second kappa shape index (κ2) is 8.61. The van der Waals surface area contributed by atoms with E-state index in [1.54, 1.807) is 4.90 Å². The van der Waals surface area contributed by atoms with Crippen molar-refractivity contribution in [3.8, 4) is 5.75 Å². The van der Waals surface area contributed by atoms with E-state index in [-0.39, 0.29) is 12.0 Å². The lowest BCUT2D eigenvalue weighted by Crippen LogP contribution is -2.50. The first-order chi connectivity index (χ1) is 13.0. The Morgan fingerprint density at radius 1 is 1.26 bits per heavy atom. The van der Waals surface area contributed by atoms with E-state index < -0.39 is 5.60 Å². The fraction of sp³-hybridized carbons (Fsp3) is 0.600. The Bertz CT molecular complexity index is 644. The molecule has 0 aromatic heterocycles. The summed E-state index contributed by atoms with van der Waals surface area (Å²) < 4.78 is 11.4. The van der Waals surface area contributed by atoms with Gasteiger partial charge in [0, 0.05) is 25.9 Å². The summed E-state index contributed by atoms with van der Waals surface area (Å²) in [6.45, 7) is 6.10. The number of likely N-dealkylation sites (N-methyl/N-ethyl adjacent to an activating group) is 1. The van der Waals surface area contributed by atoms with Crippen LogP contribution in [0, 0.1) is 0 Å². The lowest BCUT2D eigenvalue weighted by molar-refractivity contribution is -0.135. The fourth-order valence-electron chi connectivity index (χ4n) is 3.52. The molecule has 0 aliphatic carbocycles. The predicted octanol–water partition coefficient (Wildman–Crippen LogP) is 1.83. The Balaban J connectivity index is 1.45. The summed E-state index contributed by atoms with van der Waals surface area (Å²) in [5.41, 5.74) is -0.461. The summed E-state index contributed by atoms with van der Waals surface area (Å²) in [6.07, 6.45) is 1.10. The topological polar surface area (TPSA) is 62.3 Å². The van der Waals surface area contributed by atoms with Gasteiger partial charge in [0.05, 0.1) is 19.6 Å². The van der Waals surface area contributed by atoms with Gasteiger partial charge in [0.2, 0.25) is 5.91 Å². The van der Waals surface area contributed by atoms with Gasteiger partial charge in [-0.05, 0) is 25.7 Å². The van der Waals surface area contributed by atoms with E-state index >= 15 is 0 Å². The molecule has 1 spiro atoms. The van der Waals surface area contributed by atoms with Crippen molar-refractivity contribution >= 4 is 12.0 Å². The number of likely N-dealkylation sites (tertiary alicyclic amines) is 1. The zero-order valence-corrected chi connectivity index (χ0v) is 16.2. The Morgan fingerprint density at radius 3 is 2.63 bits per heavy atom. The van der Waals surface area contributed by atoms with E-state index in [0.29, 0.717) is 52.2 Å². The van der Waals surface area contributed by atoms with Crippen LogP contribution < -0.4 is 4.74 Å². The number of benzene rings is 1. The maximum atomic E-state index is 12.3. The number of para-hydroxylation sites is 1. The number of carbonyl (C=O) groups is 2. The Morgan fingerprint density at radius 2 is 1.96 bits per heavy atom. The summed E-state index contributed by atoms with van der Waals surface area (Å²) in [7, 11) is 1.94. The third-order valence-corrected chi connectivity index (χ3v) is 5.39. The number of carbonyl (C=O) groups excluding carboxylic acids is 2. The first-order valence-corrected chi connectivity index (χ1v) is 9.63. The third-order valence-electron chi connectivity index (χ3n) is 5.39. The normalized spacial score (nSPS) is 18.9. The van der Waals surface area contributed by atoms with E-state index in [9.17, 15) is 9.59 Å². The highest BCUT2D eigenvalue weighted by atomic mass is 16.6. The monoisotopic (exact) mass is 375 g/mol. The number of amides is 2. The highest BCUT2D eigenvalue weighted by Crippen LogP contribution is 2.33. The van der Waals surface area contributed by atoms with Crippen LogP contribution in [0.25, 0.3) is 0 Å². The van der Waals surface area contributed by atoms with Gasteiger partial charge in [0.25, 0.3) is 0 Å². The summed E-state index contributed by atoms with van der Waals surface area (Å²) in [5.74, 6) is 0.940. The smallest absolute Gasteiger partial charge is 0.410 e. The molecule has 1 aromatic carbocycles. The molecule has 1 aromatic rings. The Hall–Kier alpha value is -2.28. The molecule has 2 aliphatic heterocycles. The number of piperidine rings is 1. The van der Waals surface area contributed by atoms with Crippen molar-refractivity contribution in [1.29, 1.82) is 0 Å². The zero-order valence-electron chi connectivity index (χ0n) is 16.2. The van der Waals surface area contributed by atoms with Gasteiger partial charge in [-0.25, -0.2) is 4.79 Å². The molecular weight excluding hydrogens is 346 g/mol. The van der Waals surface area contributed by atoms with E-state index in [4.69, 9.17) is 9.47 Å². The van der Waals surface area contributed by atoms with E-state index in [0.717, 1.165) is 12.3 Å². The molecule has 0 radical (unpaired) electrons. The van der Waals surface area contributed by atoms with Gasteiger partial charge < -0.3 is 19.3 Å². The molecule has 0 atom stereocenters. The molecule has 0 bridgehead atoms. The molecule has 27 heavy (non-hydrogen) atoms. The lowest BCUT2D eigenvalue weighted by Gasteiger charge is -2.37. The zero-order chi connectivity index (χ0) is 19.3. The minimum Gasteiger partial charge on any atom is -0.492 e. The van der Waals surface area contributed by atoms with Crippen LogP contribution in [0.3, 0.4) is 0 Å². The van der Waals surface area contributed by atoms with Crippen LogP contribution in [0.4, 0.5) is 4.79 Å². The van der Waals surface area contributed by atoms with Crippen LogP contribution in [0.2, 0.25) is 0 Å².